The molecule has 2 atom stereocenters. The molecule has 0 amide bonds. The minimum Gasteiger partial charge on any atom is -0.457 e. The number of carbonyl (C=O) groups excluding carboxylic acids is 2. The van der Waals surface area contributed by atoms with Crippen molar-refractivity contribution in [2.75, 3.05) is 6.61 Å². The molecular weight excluding hydrogens is 266 g/mol. The van der Waals surface area contributed by atoms with Crippen LogP contribution in [0.1, 0.15) is 36.2 Å². The predicted molar refractivity (Wildman–Crippen MR) is 80.2 cm³/mol. The largest absolute Gasteiger partial charge is 0.457 e. The van der Waals surface area contributed by atoms with Crippen LogP contribution >= 0.6 is 0 Å². The molecule has 1 N–H and O–H groups in total. The van der Waals surface area contributed by atoms with Gasteiger partial charge in [0.25, 0.3) is 0 Å². The number of hydrogen-bond acceptors (Lipinski definition) is 3. The van der Waals surface area contributed by atoms with Crippen LogP contribution in [-0.2, 0) is 16.0 Å². The van der Waals surface area contributed by atoms with Gasteiger partial charge in [-0.15, -0.1) is 0 Å². The van der Waals surface area contributed by atoms with Crippen molar-refractivity contribution in [1.82, 2.24) is 4.98 Å². The van der Waals surface area contributed by atoms with Crippen LogP contribution < -0.4 is 0 Å². The van der Waals surface area contributed by atoms with E-state index in [1.165, 1.54) is 5.56 Å². The van der Waals surface area contributed by atoms with Gasteiger partial charge < -0.3 is 9.72 Å². The molecule has 4 heteroatoms. The van der Waals surface area contributed by atoms with Crippen molar-refractivity contribution in [3.05, 3.63) is 35.5 Å². The number of carbonyl (C=O) groups is 2. The van der Waals surface area contributed by atoms with E-state index in [2.05, 4.69) is 11.9 Å². The fraction of sp³-hybridized carbons (Fsp3) is 0.412. The fourth-order valence-corrected chi connectivity index (χ4v) is 2.71. The van der Waals surface area contributed by atoms with Crippen molar-refractivity contribution in [2.45, 2.75) is 26.7 Å². The number of fused-ring (bicyclic) bond motifs is 1. The topological polar surface area (TPSA) is 59.2 Å². The third-order valence-corrected chi connectivity index (χ3v) is 4.24. The summed E-state index contributed by atoms with van der Waals surface area (Å²) in [4.78, 5) is 27.1. The number of esters is 1. The number of ether oxygens (including phenoxy) is 1. The van der Waals surface area contributed by atoms with Crippen LogP contribution in [0.3, 0.4) is 0 Å². The second kappa shape index (κ2) is 5.35. The lowest BCUT2D eigenvalue weighted by Crippen LogP contribution is -2.15. The van der Waals surface area contributed by atoms with E-state index in [4.69, 9.17) is 4.74 Å². The highest BCUT2D eigenvalue weighted by Crippen LogP contribution is 2.38. The molecule has 0 saturated heterocycles. The number of ketones is 1. The van der Waals surface area contributed by atoms with Gasteiger partial charge in [0.15, 0.2) is 6.61 Å². The average Bonchev–Trinajstić information content (AvgIpc) is 3.07. The highest BCUT2D eigenvalue weighted by Gasteiger charge is 2.40. The van der Waals surface area contributed by atoms with E-state index in [1.54, 1.807) is 6.20 Å². The SMILES string of the molecule is CCc1cccc2c(C(=O)COC(=O)[C@@H]3C[C@H]3C)c[nH]c12. The molecule has 1 heterocycles. The molecule has 0 spiro atoms. The van der Waals surface area contributed by atoms with E-state index < -0.39 is 0 Å². The van der Waals surface area contributed by atoms with Gasteiger partial charge in [0.2, 0.25) is 5.78 Å². The summed E-state index contributed by atoms with van der Waals surface area (Å²) < 4.78 is 5.13. The summed E-state index contributed by atoms with van der Waals surface area (Å²) in [7, 11) is 0. The first-order valence-electron chi connectivity index (χ1n) is 7.40. The Kier molecular flexibility index (Phi) is 3.53. The molecule has 2 aromatic rings. The fourth-order valence-electron chi connectivity index (χ4n) is 2.71. The van der Waals surface area contributed by atoms with Gasteiger partial charge in [-0.25, -0.2) is 0 Å². The van der Waals surface area contributed by atoms with Crippen molar-refractivity contribution in [2.24, 2.45) is 11.8 Å². The van der Waals surface area contributed by atoms with Crippen LogP contribution in [0.25, 0.3) is 10.9 Å². The smallest absolute Gasteiger partial charge is 0.309 e. The number of nitrogens with one attached hydrogen (secondary N) is 1. The molecule has 1 fully saturated rings. The Morgan fingerprint density at radius 2 is 2.14 bits per heavy atom. The zero-order valence-corrected chi connectivity index (χ0v) is 12.3. The van der Waals surface area contributed by atoms with Crippen molar-refractivity contribution < 1.29 is 14.3 Å². The van der Waals surface area contributed by atoms with Crippen LogP contribution in [0.4, 0.5) is 0 Å². The van der Waals surface area contributed by atoms with Crippen LogP contribution in [0.2, 0.25) is 0 Å². The summed E-state index contributed by atoms with van der Waals surface area (Å²) in [5, 5.41) is 0.898. The number of H-pyrrole nitrogens is 1. The number of Topliss-reactive ketones (excluding diaryl/α,β-unsaturated/α-hetero) is 1. The Bertz CT molecular complexity index is 701. The number of para-hydroxylation sites is 1. The maximum Gasteiger partial charge on any atom is 0.309 e. The van der Waals surface area contributed by atoms with E-state index in [-0.39, 0.29) is 24.3 Å². The standard InChI is InChI=1S/C17H19NO3/c1-3-11-5-4-6-12-14(8-18-16(11)12)15(19)9-21-17(20)13-7-10(13)2/h4-6,8,10,13,18H,3,7,9H2,1-2H3/t10-,13-/m1/s1. The van der Waals surface area contributed by atoms with E-state index in [1.807, 2.05) is 25.1 Å². The summed E-state index contributed by atoms with van der Waals surface area (Å²) in [6.07, 6.45) is 3.49. The number of hydrogen-bond donors (Lipinski definition) is 1. The molecule has 0 bridgehead atoms. The molecule has 1 aliphatic rings. The number of benzene rings is 1. The number of aromatic amines is 1. The van der Waals surface area contributed by atoms with Crippen molar-refractivity contribution in [3.63, 3.8) is 0 Å². The van der Waals surface area contributed by atoms with Gasteiger partial charge in [-0.3, -0.25) is 9.59 Å². The van der Waals surface area contributed by atoms with Crippen molar-refractivity contribution in [3.8, 4) is 0 Å². The molecular formula is C17H19NO3. The van der Waals surface area contributed by atoms with E-state index in [0.29, 0.717) is 11.5 Å². The van der Waals surface area contributed by atoms with Gasteiger partial charge >= 0.3 is 5.97 Å². The molecule has 1 saturated carbocycles. The molecule has 0 radical (unpaired) electrons. The quantitative estimate of drug-likeness (QED) is 0.678. The van der Waals surface area contributed by atoms with Crippen LogP contribution in [0, 0.1) is 11.8 Å². The third kappa shape index (κ3) is 2.58. The summed E-state index contributed by atoms with van der Waals surface area (Å²) in [5.74, 6) is -0.0126. The monoisotopic (exact) mass is 285 g/mol. The second-order valence-electron chi connectivity index (χ2n) is 5.75. The third-order valence-electron chi connectivity index (χ3n) is 4.24. The highest BCUT2D eigenvalue weighted by molar-refractivity contribution is 6.09. The number of aromatic nitrogens is 1. The second-order valence-corrected chi connectivity index (χ2v) is 5.75. The molecule has 110 valence electrons. The highest BCUT2D eigenvalue weighted by atomic mass is 16.5. The first kappa shape index (κ1) is 13.9. The molecule has 1 aromatic heterocycles. The Balaban J connectivity index is 1.74. The predicted octanol–water partition coefficient (Wildman–Crippen LogP) is 3.11. The lowest BCUT2D eigenvalue weighted by Gasteiger charge is -2.03. The van der Waals surface area contributed by atoms with E-state index in [0.717, 1.165) is 23.7 Å². The van der Waals surface area contributed by atoms with Gasteiger partial charge in [0, 0.05) is 22.7 Å². The summed E-state index contributed by atoms with van der Waals surface area (Å²) in [6, 6.07) is 5.91. The Morgan fingerprint density at radius 1 is 1.38 bits per heavy atom. The number of rotatable bonds is 5. The first-order chi connectivity index (χ1) is 10.1. The lowest BCUT2D eigenvalue weighted by atomic mass is 10.1. The maximum atomic E-state index is 12.3. The summed E-state index contributed by atoms with van der Waals surface area (Å²) >= 11 is 0. The van der Waals surface area contributed by atoms with Gasteiger partial charge in [-0.2, -0.15) is 0 Å². The molecule has 3 rings (SSSR count). The Morgan fingerprint density at radius 3 is 2.81 bits per heavy atom. The van der Waals surface area contributed by atoms with Crippen LogP contribution in [0.5, 0.6) is 0 Å². The molecule has 1 aliphatic carbocycles. The minimum atomic E-state index is -0.245. The molecule has 4 nitrogen and oxygen atoms in total. The minimum absolute atomic E-state index is 0.00698. The van der Waals surface area contributed by atoms with Gasteiger partial charge in [0.05, 0.1) is 5.92 Å². The molecule has 0 aliphatic heterocycles. The van der Waals surface area contributed by atoms with Gasteiger partial charge in [-0.05, 0) is 24.3 Å². The van der Waals surface area contributed by atoms with Crippen LogP contribution in [0.15, 0.2) is 24.4 Å². The zero-order chi connectivity index (χ0) is 15.0. The van der Waals surface area contributed by atoms with Gasteiger partial charge in [-0.1, -0.05) is 32.0 Å². The van der Waals surface area contributed by atoms with Crippen LogP contribution in [-0.4, -0.2) is 23.3 Å². The molecule has 21 heavy (non-hydrogen) atoms. The maximum absolute atomic E-state index is 12.3. The average molecular weight is 285 g/mol. The summed E-state index contributed by atoms with van der Waals surface area (Å²) in [6.45, 7) is 3.92. The van der Waals surface area contributed by atoms with Crippen molar-refractivity contribution >= 4 is 22.7 Å². The normalized spacial score (nSPS) is 20.5. The van der Waals surface area contributed by atoms with E-state index in [9.17, 15) is 9.59 Å². The lowest BCUT2D eigenvalue weighted by molar-refractivity contribution is -0.144. The Labute approximate surface area is 123 Å². The number of aryl methyl sites for hydroxylation is 1. The summed E-state index contributed by atoms with van der Waals surface area (Å²) in [5.41, 5.74) is 2.76. The van der Waals surface area contributed by atoms with Crippen molar-refractivity contribution in [1.29, 1.82) is 0 Å². The van der Waals surface area contributed by atoms with Gasteiger partial charge in [0.1, 0.15) is 0 Å². The molecule has 0 unspecified atom stereocenters. The Hall–Kier alpha value is -2.10. The zero-order valence-electron chi connectivity index (χ0n) is 12.3. The first-order valence-corrected chi connectivity index (χ1v) is 7.40. The van der Waals surface area contributed by atoms with E-state index >= 15 is 0 Å². The molecule has 1 aromatic carbocycles.